The SMILES string of the molecule is CC(=O)N(C)C1CCN(C(=O)c2ccccc2-c2ccccc2C(=O)O)CC1. The van der Waals surface area contributed by atoms with Crippen LogP contribution in [0.2, 0.25) is 0 Å². The molecule has 146 valence electrons. The number of carbonyl (C=O) groups excluding carboxylic acids is 2. The number of hydrogen-bond acceptors (Lipinski definition) is 3. The number of aromatic carboxylic acids is 1. The summed E-state index contributed by atoms with van der Waals surface area (Å²) in [5.74, 6) is -1.11. The van der Waals surface area contributed by atoms with E-state index in [1.807, 2.05) is 0 Å². The maximum absolute atomic E-state index is 13.2. The Hall–Kier alpha value is -3.15. The number of nitrogens with zero attached hydrogens (tertiary/aromatic N) is 2. The van der Waals surface area contributed by atoms with Gasteiger partial charge in [0.05, 0.1) is 5.56 Å². The summed E-state index contributed by atoms with van der Waals surface area (Å²) in [6.07, 6.45) is 1.46. The second-order valence-corrected chi connectivity index (χ2v) is 7.05. The molecule has 0 atom stereocenters. The summed E-state index contributed by atoms with van der Waals surface area (Å²) >= 11 is 0. The molecule has 1 heterocycles. The summed E-state index contributed by atoms with van der Waals surface area (Å²) in [4.78, 5) is 39.9. The van der Waals surface area contributed by atoms with E-state index in [1.165, 1.54) is 0 Å². The molecule has 0 spiro atoms. The van der Waals surface area contributed by atoms with Gasteiger partial charge in [-0.1, -0.05) is 36.4 Å². The molecule has 0 unspecified atom stereocenters. The minimum absolute atomic E-state index is 0.0281. The second-order valence-electron chi connectivity index (χ2n) is 7.05. The fourth-order valence-electron chi connectivity index (χ4n) is 3.69. The topological polar surface area (TPSA) is 77.9 Å². The molecule has 2 aromatic carbocycles. The lowest BCUT2D eigenvalue weighted by molar-refractivity contribution is -0.130. The number of hydrogen-bond donors (Lipinski definition) is 1. The standard InChI is InChI=1S/C22H24N2O4/c1-15(25)23(2)16-11-13-24(14-12-16)21(26)19-9-5-3-7-17(19)18-8-4-6-10-20(18)22(27)28/h3-10,16H,11-14H2,1-2H3,(H,27,28). The smallest absolute Gasteiger partial charge is 0.336 e. The fourth-order valence-corrected chi connectivity index (χ4v) is 3.69. The Kier molecular flexibility index (Phi) is 5.78. The molecule has 6 nitrogen and oxygen atoms in total. The van der Waals surface area contributed by atoms with Gasteiger partial charge in [0.15, 0.2) is 0 Å². The predicted octanol–water partition coefficient (Wildman–Crippen LogP) is 3.13. The molecular weight excluding hydrogens is 356 g/mol. The van der Waals surface area contributed by atoms with E-state index in [4.69, 9.17) is 0 Å². The van der Waals surface area contributed by atoms with E-state index in [9.17, 15) is 19.5 Å². The summed E-state index contributed by atoms with van der Waals surface area (Å²) in [6.45, 7) is 2.68. The Bertz CT molecular complexity index is 901. The minimum atomic E-state index is -1.02. The highest BCUT2D eigenvalue weighted by molar-refractivity contribution is 6.04. The molecule has 2 aromatic rings. The van der Waals surface area contributed by atoms with Gasteiger partial charge in [-0.15, -0.1) is 0 Å². The minimum Gasteiger partial charge on any atom is -0.478 e. The van der Waals surface area contributed by atoms with Crippen LogP contribution in [0.4, 0.5) is 0 Å². The highest BCUT2D eigenvalue weighted by Gasteiger charge is 2.28. The summed E-state index contributed by atoms with van der Waals surface area (Å²) < 4.78 is 0. The van der Waals surface area contributed by atoms with Crippen LogP contribution >= 0.6 is 0 Å². The molecule has 0 radical (unpaired) electrons. The van der Waals surface area contributed by atoms with Crippen LogP contribution in [0.15, 0.2) is 48.5 Å². The van der Waals surface area contributed by atoms with Crippen molar-refractivity contribution >= 4 is 17.8 Å². The third-order valence-corrected chi connectivity index (χ3v) is 5.40. The molecule has 1 aliphatic rings. The van der Waals surface area contributed by atoms with Crippen LogP contribution in [-0.4, -0.2) is 58.9 Å². The van der Waals surface area contributed by atoms with Gasteiger partial charge in [0, 0.05) is 38.7 Å². The maximum atomic E-state index is 13.2. The number of likely N-dealkylation sites (tertiary alicyclic amines) is 1. The Morgan fingerprint density at radius 3 is 1.96 bits per heavy atom. The normalized spacial score (nSPS) is 14.6. The van der Waals surface area contributed by atoms with Crippen molar-refractivity contribution < 1.29 is 19.5 Å². The van der Waals surface area contributed by atoms with E-state index >= 15 is 0 Å². The number of benzene rings is 2. The average molecular weight is 380 g/mol. The zero-order valence-electron chi connectivity index (χ0n) is 16.1. The quantitative estimate of drug-likeness (QED) is 0.884. The van der Waals surface area contributed by atoms with Gasteiger partial charge in [-0.05, 0) is 36.1 Å². The number of carboxylic acids is 1. The van der Waals surface area contributed by atoms with Gasteiger partial charge in [-0.2, -0.15) is 0 Å². The van der Waals surface area contributed by atoms with Gasteiger partial charge < -0.3 is 14.9 Å². The largest absolute Gasteiger partial charge is 0.478 e. The highest BCUT2D eigenvalue weighted by Crippen LogP contribution is 2.29. The van der Waals surface area contributed by atoms with Crippen LogP contribution in [0.1, 0.15) is 40.5 Å². The van der Waals surface area contributed by atoms with E-state index in [0.717, 1.165) is 12.8 Å². The van der Waals surface area contributed by atoms with Crippen molar-refractivity contribution in [2.75, 3.05) is 20.1 Å². The lowest BCUT2D eigenvalue weighted by Gasteiger charge is -2.36. The average Bonchev–Trinajstić information content (AvgIpc) is 2.72. The van der Waals surface area contributed by atoms with Crippen molar-refractivity contribution in [3.8, 4) is 11.1 Å². The first-order valence-electron chi connectivity index (χ1n) is 9.34. The van der Waals surface area contributed by atoms with E-state index < -0.39 is 5.97 Å². The van der Waals surface area contributed by atoms with Gasteiger partial charge in [0.2, 0.25) is 5.91 Å². The molecule has 6 heteroatoms. The molecule has 0 saturated carbocycles. The number of amides is 2. The Balaban J connectivity index is 1.86. The summed E-state index contributed by atoms with van der Waals surface area (Å²) in [6, 6.07) is 14.0. The van der Waals surface area contributed by atoms with E-state index in [0.29, 0.717) is 29.8 Å². The first-order chi connectivity index (χ1) is 13.4. The van der Waals surface area contributed by atoms with Crippen LogP contribution in [0.5, 0.6) is 0 Å². The lowest BCUT2D eigenvalue weighted by atomic mass is 9.94. The van der Waals surface area contributed by atoms with Crippen LogP contribution in [0, 0.1) is 0 Å². The number of carboxylic acid groups (broad SMARTS) is 1. The molecular formula is C22H24N2O4. The van der Waals surface area contributed by atoms with Gasteiger partial charge >= 0.3 is 5.97 Å². The summed E-state index contributed by atoms with van der Waals surface area (Å²) in [7, 11) is 1.79. The molecule has 3 rings (SSSR count). The summed E-state index contributed by atoms with van der Waals surface area (Å²) in [5, 5.41) is 9.50. The second kappa shape index (κ2) is 8.25. The Morgan fingerprint density at radius 2 is 1.43 bits per heavy atom. The first-order valence-corrected chi connectivity index (χ1v) is 9.34. The van der Waals surface area contributed by atoms with Crippen molar-refractivity contribution in [3.63, 3.8) is 0 Å². The van der Waals surface area contributed by atoms with Crippen molar-refractivity contribution in [1.82, 2.24) is 9.80 Å². The third-order valence-electron chi connectivity index (χ3n) is 5.40. The molecule has 0 aromatic heterocycles. The van der Waals surface area contributed by atoms with Gasteiger partial charge in [0.25, 0.3) is 5.91 Å². The van der Waals surface area contributed by atoms with E-state index in [2.05, 4.69) is 0 Å². The monoisotopic (exact) mass is 380 g/mol. The highest BCUT2D eigenvalue weighted by atomic mass is 16.4. The molecule has 0 aliphatic carbocycles. The predicted molar refractivity (Wildman–Crippen MR) is 106 cm³/mol. The van der Waals surface area contributed by atoms with Crippen molar-refractivity contribution in [3.05, 3.63) is 59.7 Å². The molecule has 28 heavy (non-hydrogen) atoms. The van der Waals surface area contributed by atoms with Crippen LogP contribution in [0.25, 0.3) is 11.1 Å². The lowest BCUT2D eigenvalue weighted by Crippen LogP contribution is -2.46. The van der Waals surface area contributed by atoms with E-state index in [-0.39, 0.29) is 23.4 Å². The fraction of sp³-hybridized carbons (Fsp3) is 0.318. The van der Waals surface area contributed by atoms with Crippen LogP contribution in [-0.2, 0) is 4.79 Å². The molecule has 2 amide bonds. The number of carbonyl (C=O) groups is 3. The van der Waals surface area contributed by atoms with Crippen LogP contribution in [0.3, 0.4) is 0 Å². The van der Waals surface area contributed by atoms with Gasteiger partial charge in [-0.25, -0.2) is 4.79 Å². The van der Waals surface area contributed by atoms with Crippen molar-refractivity contribution in [1.29, 1.82) is 0 Å². The number of piperidine rings is 1. The molecule has 1 N–H and O–H groups in total. The maximum Gasteiger partial charge on any atom is 0.336 e. The van der Waals surface area contributed by atoms with E-state index in [1.54, 1.807) is 72.3 Å². The van der Waals surface area contributed by atoms with Crippen molar-refractivity contribution in [2.24, 2.45) is 0 Å². The third kappa shape index (κ3) is 3.91. The molecule has 1 aliphatic heterocycles. The zero-order valence-corrected chi connectivity index (χ0v) is 16.1. The summed E-state index contributed by atoms with van der Waals surface area (Å²) in [5.41, 5.74) is 1.82. The zero-order chi connectivity index (χ0) is 20.3. The Labute approximate surface area is 164 Å². The molecule has 1 saturated heterocycles. The van der Waals surface area contributed by atoms with Gasteiger partial charge in [0.1, 0.15) is 0 Å². The van der Waals surface area contributed by atoms with Crippen molar-refractivity contribution in [2.45, 2.75) is 25.8 Å². The molecule has 1 fully saturated rings. The Morgan fingerprint density at radius 1 is 0.929 bits per heavy atom. The first kappa shape index (κ1) is 19.6. The van der Waals surface area contributed by atoms with Crippen LogP contribution < -0.4 is 0 Å². The molecule has 0 bridgehead atoms. The number of rotatable bonds is 4. The van der Waals surface area contributed by atoms with Gasteiger partial charge in [-0.3, -0.25) is 9.59 Å².